The summed E-state index contributed by atoms with van der Waals surface area (Å²) in [6.07, 6.45) is 3.48. The van der Waals surface area contributed by atoms with Gasteiger partial charge in [-0.1, -0.05) is 72.8 Å². The fourth-order valence-corrected chi connectivity index (χ4v) is 9.59. The molecule has 2 fully saturated rings. The Balaban J connectivity index is 1.01. The Kier molecular flexibility index (Phi) is 14.3. The predicted molar refractivity (Wildman–Crippen MR) is 271 cm³/mol. The molecule has 0 radical (unpaired) electrons. The van der Waals surface area contributed by atoms with Crippen LogP contribution in [0.5, 0.6) is 0 Å². The lowest BCUT2D eigenvalue weighted by atomic mass is 9.97. The number of hydrogen-bond donors (Lipinski definition) is 5. The highest BCUT2D eigenvalue weighted by Gasteiger charge is 2.45. The van der Waals surface area contributed by atoms with E-state index in [1.807, 2.05) is 42.5 Å². The minimum atomic E-state index is -1.24. The zero-order chi connectivity index (χ0) is 50.6. The Morgan fingerprint density at radius 1 is 0.690 bits per heavy atom. The molecular weight excluding hydrogens is 901 g/mol. The first kappa shape index (κ1) is 49.4. The molecule has 16 heteroatoms. The van der Waals surface area contributed by atoms with Crippen LogP contribution in [0.1, 0.15) is 90.4 Å². The van der Waals surface area contributed by atoms with Crippen LogP contribution in [0.15, 0.2) is 128 Å². The second kappa shape index (κ2) is 20.5. The van der Waals surface area contributed by atoms with Gasteiger partial charge in [0.1, 0.15) is 29.8 Å². The second-order valence-electron chi connectivity index (χ2n) is 19.9. The lowest BCUT2D eigenvalue weighted by Gasteiger charge is -2.41. The van der Waals surface area contributed by atoms with E-state index in [9.17, 15) is 33.9 Å². The summed E-state index contributed by atoms with van der Waals surface area (Å²) in [5.41, 5.74) is 4.53. The zero-order valence-electron chi connectivity index (χ0n) is 40.8. The SMILES string of the molecule is CC(C)(C)OC(=O)N[C@@H](C(=O)N1CCC[C@H]1C(=O)Nc1ccc(-c2[nH]c3ccc(NC(=O)[C@@H]4CCCN4C(=O)[C@@H](c4ccccc4)N(C(=O)O)C(C)(C)C)cc3c2-c2ccncc2)cc1)c1ccccc1. The molecule has 0 aliphatic carbocycles. The van der Waals surface area contributed by atoms with Crippen molar-refractivity contribution in [3.63, 3.8) is 0 Å². The van der Waals surface area contributed by atoms with Gasteiger partial charge < -0.3 is 40.6 Å². The summed E-state index contributed by atoms with van der Waals surface area (Å²) in [4.78, 5) is 94.4. The smallest absolute Gasteiger partial charge is 0.408 e. The number of nitrogens with one attached hydrogen (secondary N) is 4. The van der Waals surface area contributed by atoms with E-state index in [-0.39, 0.29) is 11.8 Å². The topological polar surface area (TPSA) is 206 Å². The minimum Gasteiger partial charge on any atom is -0.465 e. The third-order valence-corrected chi connectivity index (χ3v) is 12.7. The van der Waals surface area contributed by atoms with Crippen molar-refractivity contribution in [2.75, 3.05) is 23.7 Å². The number of carboxylic acid groups (broad SMARTS) is 1. The highest BCUT2D eigenvalue weighted by Crippen LogP contribution is 2.40. The molecule has 6 amide bonds. The number of H-pyrrole nitrogens is 1. The van der Waals surface area contributed by atoms with Crippen molar-refractivity contribution in [3.05, 3.63) is 139 Å². The first-order chi connectivity index (χ1) is 33.9. The molecule has 0 saturated carbocycles. The Morgan fingerprint density at radius 2 is 1.24 bits per heavy atom. The van der Waals surface area contributed by atoms with Gasteiger partial charge >= 0.3 is 12.2 Å². The summed E-state index contributed by atoms with van der Waals surface area (Å²) in [5.74, 6) is -1.59. The number of hydrogen-bond acceptors (Lipinski definition) is 8. The van der Waals surface area contributed by atoms with Gasteiger partial charge in [0.05, 0.1) is 5.69 Å². The van der Waals surface area contributed by atoms with E-state index in [0.717, 1.165) is 38.2 Å². The standard InChI is InChI=1S/C55H60N8O8/c1-54(2,3)63(53(69)70)47(37-17-11-8-12-18-37)51(67)62-32-14-20-43(62)49(65)58-39-25-26-41-40(33-39)44(34-27-29-56-30-28-34)45(59-41)36-21-23-38(24-22-36)57-48(64)42-19-13-31-61(42)50(66)46(35-15-9-7-10-16-35)60-52(68)71-55(4,5)6/h7-12,15-18,21-30,33,42-43,46-47,59H,13-14,19-20,31-32H2,1-6H3,(H,57,64)(H,58,65)(H,60,68)(H,69,70)/t42-,43-,46+,47+/m0/s1. The number of nitrogens with zero attached hydrogens (tertiary/aromatic N) is 4. The number of carbonyl (C=O) groups excluding carboxylic acids is 5. The van der Waals surface area contributed by atoms with Gasteiger partial charge in [-0.2, -0.15) is 0 Å². The fraction of sp³-hybridized carbons (Fsp3) is 0.327. The first-order valence-corrected chi connectivity index (χ1v) is 23.9. The van der Waals surface area contributed by atoms with Crippen LogP contribution in [0.25, 0.3) is 33.3 Å². The summed E-state index contributed by atoms with van der Waals surface area (Å²) in [6.45, 7) is 11.1. The van der Waals surface area contributed by atoms with E-state index in [1.54, 1.807) is 127 Å². The molecule has 16 nitrogen and oxygen atoms in total. The molecule has 5 N–H and O–H groups in total. The molecule has 2 aromatic heterocycles. The van der Waals surface area contributed by atoms with E-state index >= 15 is 0 Å². The average molecular weight is 961 g/mol. The van der Waals surface area contributed by atoms with Crippen molar-refractivity contribution in [1.29, 1.82) is 0 Å². The van der Waals surface area contributed by atoms with Crippen LogP contribution in [0, 0.1) is 0 Å². The highest BCUT2D eigenvalue weighted by atomic mass is 16.6. The highest BCUT2D eigenvalue weighted by molar-refractivity contribution is 6.07. The van der Waals surface area contributed by atoms with Crippen LogP contribution >= 0.6 is 0 Å². The summed E-state index contributed by atoms with van der Waals surface area (Å²) < 4.78 is 5.48. The van der Waals surface area contributed by atoms with E-state index < -0.39 is 59.3 Å². The van der Waals surface area contributed by atoms with Crippen LogP contribution in [0.2, 0.25) is 0 Å². The number of aromatic nitrogens is 2. The number of fused-ring (bicyclic) bond motifs is 1. The molecule has 2 saturated heterocycles. The number of aromatic amines is 1. The van der Waals surface area contributed by atoms with Crippen molar-refractivity contribution in [2.45, 2.75) is 103 Å². The summed E-state index contributed by atoms with van der Waals surface area (Å²) >= 11 is 0. The van der Waals surface area contributed by atoms with E-state index in [1.165, 1.54) is 9.80 Å². The molecule has 2 aliphatic heterocycles. The molecule has 6 aromatic rings. The van der Waals surface area contributed by atoms with Crippen LogP contribution in [-0.2, 0) is 23.9 Å². The van der Waals surface area contributed by atoms with E-state index in [2.05, 4.69) is 25.9 Å². The number of pyridine rings is 1. The number of amides is 6. The quantitative estimate of drug-likeness (QED) is 0.0791. The number of anilines is 2. The minimum absolute atomic E-state index is 0.301. The van der Waals surface area contributed by atoms with Crippen molar-refractivity contribution in [3.8, 4) is 22.4 Å². The molecule has 2 aliphatic rings. The van der Waals surface area contributed by atoms with Crippen molar-refractivity contribution in [2.24, 2.45) is 0 Å². The molecule has 71 heavy (non-hydrogen) atoms. The van der Waals surface area contributed by atoms with Crippen LogP contribution in [0.3, 0.4) is 0 Å². The molecule has 8 rings (SSSR count). The van der Waals surface area contributed by atoms with Gasteiger partial charge in [0.2, 0.25) is 11.8 Å². The number of ether oxygens (including phenoxy) is 1. The largest absolute Gasteiger partial charge is 0.465 e. The first-order valence-electron chi connectivity index (χ1n) is 23.9. The summed E-state index contributed by atoms with van der Waals surface area (Å²) in [5, 5.41) is 20.0. The molecule has 0 unspecified atom stereocenters. The molecule has 4 heterocycles. The Morgan fingerprint density at radius 3 is 1.80 bits per heavy atom. The van der Waals surface area contributed by atoms with Gasteiger partial charge in [-0.3, -0.25) is 29.1 Å². The number of rotatable bonds is 12. The fourth-order valence-electron chi connectivity index (χ4n) is 9.59. The third kappa shape index (κ3) is 11.1. The molecular formula is C55H60N8O8. The van der Waals surface area contributed by atoms with Crippen molar-refractivity contribution < 1.29 is 38.6 Å². The van der Waals surface area contributed by atoms with Gasteiger partial charge in [-0.25, -0.2) is 9.59 Å². The Bertz CT molecular complexity index is 2910. The second-order valence-corrected chi connectivity index (χ2v) is 19.9. The molecule has 0 spiro atoms. The maximum absolute atomic E-state index is 14.5. The number of likely N-dealkylation sites (tertiary alicyclic amines) is 2. The molecule has 0 bridgehead atoms. The lowest BCUT2D eigenvalue weighted by molar-refractivity contribution is -0.142. The van der Waals surface area contributed by atoms with Crippen LogP contribution in [0.4, 0.5) is 21.0 Å². The Labute approximate surface area is 412 Å². The monoisotopic (exact) mass is 960 g/mol. The predicted octanol–water partition coefficient (Wildman–Crippen LogP) is 9.54. The Hall–Kier alpha value is -8.01. The van der Waals surface area contributed by atoms with Crippen molar-refractivity contribution in [1.82, 2.24) is 30.0 Å². The summed E-state index contributed by atoms with van der Waals surface area (Å²) in [7, 11) is 0. The van der Waals surface area contributed by atoms with E-state index in [4.69, 9.17) is 4.74 Å². The maximum Gasteiger partial charge on any atom is 0.408 e. The van der Waals surface area contributed by atoms with Crippen LogP contribution in [-0.4, -0.2) is 102 Å². The van der Waals surface area contributed by atoms with Gasteiger partial charge in [0.25, 0.3) is 11.8 Å². The lowest BCUT2D eigenvalue weighted by Crippen LogP contribution is -2.54. The zero-order valence-corrected chi connectivity index (χ0v) is 40.8. The van der Waals surface area contributed by atoms with Gasteiger partial charge in [0.15, 0.2) is 0 Å². The van der Waals surface area contributed by atoms with Crippen molar-refractivity contribution >= 4 is 58.1 Å². The summed E-state index contributed by atoms with van der Waals surface area (Å²) in [6, 6.07) is 30.6. The van der Waals surface area contributed by atoms with Gasteiger partial charge in [0, 0.05) is 58.9 Å². The molecule has 4 atom stereocenters. The van der Waals surface area contributed by atoms with Gasteiger partial charge in [-0.15, -0.1) is 0 Å². The maximum atomic E-state index is 14.5. The van der Waals surface area contributed by atoms with E-state index in [0.29, 0.717) is 61.3 Å². The normalized spacial score (nSPS) is 16.8. The van der Waals surface area contributed by atoms with Crippen LogP contribution < -0.4 is 16.0 Å². The molecule has 368 valence electrons. The number of carbonyl (C=O) groups is 6. The number of benzene rings is 4. The average Bonchev–Trinajstić information content (AvgIpc) is 4.12. The third-order valence-electron chi connectivity index (χ3n) is 12.7. The molecule has 4 aromatic carbocycles. The van der Waals surface area contributed by atoms with Gasteiger partial charge in [-0.05, 0) is 132 Å². The number of alkyl carbamates (subject to hydrolysis) is 1.